The lowest BCUT2D eigenvalue weighted by Gasteiger charge is -2.05. The molecule has 0 amide bonds. The number of aromatic amines is 1. The first kappa shape index (κ1) is 18.2. The lowest BCUT2D eigenvalue weighted by molar-refractivity contribution is 1.01. The Morgan fingerprint density at radius 2 is 1.68 bits per heavy atom. The van der Waals surface area contributed by atoms with E-state index in [0.717, 1.165) is 34.0 Å². The molecule has 5 heteroatoms. The van der Waals surface area contributed by atoms with Gasteiger partial charge < -0.3 is 16.0 Å². The van der Waals surface area contributed by atoms with Gasteiger partial charge in [-0.3, -0.25) is 4.98 Å². The molecule has 3 heterocycles. The predicted molar refractivity (Wildman–Crippen MR) is 117 cm³/mol. The van der Waals surface area contributed by atoms with Gasteiger partial charge >= 0.3 is 0 Å². The number of benzene rings is 1. The molecule has 28 heavy (non-hydrogen) atoms. The van der Waals surface area contributed by atoms with E-state index in [4.69, 9.17) is 5.73 Å². The number of aromatic nitrogens is 3. The van der Waals surface area contributed by atoms with Crippen molar-refractivity contribution >= 4 is 16.7 Å². The van der Waals surface area contributed by atoms with Gasteiger partial charge in [0.15, 0.2) is 0 Å². The maximum absolute atomic E-state index is 5.53. The molecule has 1 aromatic carbocycles. The minimum atomic E-state index is 0.587. The third-order valence-corrected chi connectivity index (χ3v) is 4.98. The molecule has 4 N–H and O–H groups in total. The Kier molecular flexibility index (Phi) is 4.84. The van der Waals surface area contributed by atoms with Gasteiger partial charge in [-0.25, -0.2) is 4.98 Å². The number of hydrogen-bond donors (Lipinski definition) is 3. The summed E-state index contributed by atoms with van der Waals surface area (Å²) < 4.78 is 0. The number of anilines is 1. The molecule has 0 fully saturated rings. The Bertz CT molecular complexity index is 1110. The number of H-pyrrole nitrogens is 1. The minimum absolute atomic E-state index is 0.587. The highest BCUT2D eigenvalue weighted by molar-refractivity contribution is 5.93. The van der Waals surface area contributed by atoms with Gasteiger partial charge in [0.05, 0.1) is 5.69 Å². The second-order valence-corrected chi connectivity index (χ2v) is 7.17. The van der Waals surface area contributed by atoms with Crippen LogP contribution in [-0.4, -0.2) is 28.0 Å². The van der Waals surface area contributed by atoms with Crippen molar-refractivity contribution < 1.29 is 0 Å². The van der Waals surface area contributed by atoms with Crippen LogP contribution in [0.25, 0.3) is 33.3 Å². The molecular weight excluding hydrogens is 346 g/mol. The van der Waals surface area contributed by atoms with E-state index in [1.54, 1.807) is 0 Å². The Labute approximate surface area is 165 Å². The summed E-state index contributed by atoms with van der Waals surface area (Å²) in [6.07, 6.45) is 1.90. The smallest absolute Gasteiger partial charge is 0.125 e. The largest absolute Gasteiger partial charge is 0.369 e. The SMILES string of the molecule is Cc1cc(-c2ccc3c(C)c(-c4ccc(NCCN)nc4)[nH]c3c2)cc(C)n1. The van der Waals surface area contributed by atoms with Gasteiger partial charge in [-0.2, -0.15) is 0 Å². The molecule has 5 nitrogen and oxygen atoms in total. The molecule has 4 aromatic rings. The topological polar surface area (TPSA) is 79.6 Å². The minimum Gasteiger partial charge on any atom is -0.369 e. The monoisotopic (exact) mass is 371 g/mol. The van der Waals surface area contributed by atoms with Crippen molar-refractivity contribution in [3.05, 3.63) is 65.6 Å². The summed E-state index contributed by atoms with van der Waals surface area (Å²) in [6.45, 7) is 7.52. The second-order valence-electron chi connectivity index (χ2n) is 7.17. The average molecular weight is 371 g/mol. The quantitative estimate of drug-likeness (QED) is 0.479. The third kappa shape index (κ3) is 3.49. The summed E-state index contributed by atoms with van der Waals surface area (Å²) in [5, 5.41) is 4.43. The van der Waals surface area contributed by atoms with Crippen LogP contribution in [-0.2, 0) is 0 Å². The van der Waals surface area contributed by atoms with Gasteiger partial charge in [0.2, 0.25) is 0 Å². The fraction of sp³-hybridized carbons (Fsp3) is 0.217. The van der Waals surface area contributed by atoms with E-state index in [2.05, 4.69) is 63.6 Å². The molecule has 0 saturated heterocycles. The lowest BCUT2D eigenvalue weighted by Crippen LogP contribution is -2.13. The van der Waals surface area contributed by atoms with Gasteiger partial charge in [0.1, 0.15) is 5.82 Å². The van der Waals surface area contributed by atoms with Crippen LogP contribution >= 0.6 is 0 Å². The number of pyridine rings is 2. The molecule has 0 spiro atoms. The van der Waals surface area contributed by atoms with Crippen molar-refractivity contribution in [3.63, 3.8) is 0 Å². The first-order chi connectivity index (χ1) is 13.5. The number of nitrogens with one attached hydrogen (secondary N) is 2. The van der Waals surface area contributed by atoms with Crippen LogP contribution in [0.5, 0.6) is 0 Å². The van der Waals surface area contributed by atoms with Crippen LogP contribution in [0, 0.1) is 20.8 Å². The first-order valence-electron chi connectivity index (χ1n) is 9.53. The van der Waals surface area contributed by atoms with E-state index in [1.165, 1.54) is 22.1 Å². The van der Waals surface area contributed by atoms with Crippen molar-refractivity contribution in [2.24, 2.45) is 5.73 Å². The van der Waals surface area contributed by atoms with Crippen molar-refractivity contribution in [3.8, 4) is 22.4 Å². The number of rotatable bonds is 5. The van der Waals surface area contributed by atoms with Crippen LogP contribution < -0.4 is 11.1 Å². The highest BCUT2D eigenvalue weighted by Gasteiger charge is 2.11. The highest BCUT2D eigenvalue weighted by Crippen LogP contribution is 2.32. The normalized spacial score (nSPS) is 11.1. The number of aryl methyl sites for hydroxylation is 3. The Morgan fingerprint density at radius 1 is 0.929 bits per heavy atom. The summed E-state index contributed by atoms with van der Waals surface area (Å²) in [7, 11) is 0. The maximum atomic E-state index is 5.53. The number of fused-ring (bicyclic) bond motifs is 1. The Hall–Kier alpha value is -3.18. The summed E-state index contributed by atoms with van der Waals surface area (Å²) in [4.78, 5) is 12.6. The highest BCUT2D eigenvalue weighted by atomic mass is 15.0. The van der Waals surface area contributed by atoms with Gasteiger partial charge in [0.25, 0.3) is 0 Å². The number of hydrogen-bond acceptors (Lipinski definition) is 4. The maximum Gasteiger partial charge on any atom is 0.125 e. The van der Waals surface area contributed by atoms with Gasteiger partial charge in [-0.1, -0.05) is 12.1 Å². The van der Waals surface area contributed by atoms with Crippen molar-refractivity contribution in [1.29, 1.82) is 0 Å². The van der Waals surface area contributed by atoms with E-state index >= 15 is 0 Å². The van der Waals surface area contributed by atoms with Crippen LogP contribution in [0.4, 0.5) is 5.82 Å². The van der Waals surface area contributed by atoms with E-state index in [9.17, 15) is 0 Å². The molecule has 0 atom stereocenters. The van der Waals surface area contributed by atoms with E-state index in [1.807, 2.05) is 26.1 Å². The Morgan fingerprint density at radius 3 is 2.36 bits per heavy atom. The molecule has 0 aliphatic rings. The lowest BCUT2D eigenvalue weighted by atomic mass is 10.0. The molecule has 0 radical (unpaired) electrons. The van der Waals surface area contributed by atoms with E-state index in [0.29, 0.717) is 13.1 Å². The summed E-state index contributed by atoms with van der Waals surface area (Å²) >= 11 is 0. The predicted octanol–water partition coefficient (Wildman–Crippen LogP) is 4.59. The van der Waals surface area contributed by atoms with Crippen LogP contribution in [0.3, 0.4) is 0 Å². The fourth-order valence-electron chi connectivity index (χ4n) is 3.65. The number of nitrogens with zero attached hydrogens (tertiary/aromatic N) is 2. The molecule has 4 rings (SSSR count). The molecule has 0 bridgehead atoms. The zero-order chi connectivity index (χ0) is 19.7. The van der Waals surface area contributed by atoms with Crippen molar-refractivity contribution in [2.75, 3.05) is 18.4 Å². The standard InChI is InChI=1S/C23H25N5/c1-14-10-19(11-15(2)27-14)17-4-6-20-16(3)23(28-21(20)12-17)18-5-7-22(26-13-18)25-9-8-24/h4-7,10-13,28H,8-9,24H2,1-3H3,(H,25,26). The van der Waals surface area contributed by atoms with Crippen molar-refractivity contribution in [1.82, 2.24) is 15.0 Å². The van der Waals surface area contributed by atoms with Crippen molar-refractivity contribution in [2.45, 2.75) is 20.8 Å². The zero-order valence-corrected chi connectivity index (χ0v) is 16.5. The first-order valence-corrected chi connectivity index (χ1v) is 9.53. The second kappa shape index (κ2) is 7.44. The van der Waals surface area contributed by atoms with E-state index in [-0.39, 0.29) is 0 Å². The molecule has 0 aliphatic heterocycles. The fourth-order valence-corrected chi connectivity index (χ4v) is 3.65. The van der Waals surface area contributed by atoms with Crippen LogP contribution in [0.2, 0.25) is 0 Å². The molecule has 3 aromatic heterocycles. The molecule has 0 aliphatic carbocycles. The molecular formula is C23H25N5. The van der Waals surface area contributed by atoms with Crippen LogP contribution in [0.15, 0.2) is 48.7 Å². The summed E-state index contributed by atoms with van der Waals surface area (Å²) in [6, 6.07) is 14.9. The van der Waals surface area contributed by atoms with E-state index < -0.39 is 0 Å². The zero-order valence-electron chi connectivity index (χ0n) is 16.5. The molecule has 142 valence electrons. The molecule has 0 unspecified atom stereocenters. The average Bonchev–Trinajstić information content (AvgIpc) is 3.02. The summed E-state index contributed by atoms with van der Waals surface area (Å²) in [5.41, 5.74) is 14.5. The van der Waals surface area contributed by atoms with Gasteiger partial charge in [0, 0.05) is 47.1 Å². The summed E-state index contributed by atoms with van der Waals surface area (Å²) in [5.74, 6) is 0.841. The Balaban J connectivity index is 1.72. The number of nitrogens with two attached hydrogens (primary N) is 1. The molecule has 0 saturated carbocycles. The van der Waals surface area contributed by atoms with Crippen LogP contribution in [0.1, 0.15) is 17.0 Å². The third-order valence-electron chi connectivity index (χ3n) is 4.98. The van der Waals surface area contributed by atoms with Gasteiger partial charge in [-0.15, -0.1) is 0 Å². The van der Waals surface area contributed by atoms with Gasteiger partial charge in [-0.05, 0) is 67.8 Å².